The van der Waals surface area contributed by atoms with Gasteiger partial charge in [0.25, 0.3) is 0 Å². The minimum Gasteiger partial charge on any atom is -0.293 e. The van der Waals surface area contributed by atoms with E-state index in [1.807, 2.05) is 0 Å². The first kappa shape index (κ1) is 13.2. The molecule has 0 aromatic heterocycles. The molecule has 0 atom stereocenters. The van der Waals surface area contributed by atoms with Crippen molar-refractivity contribution in [2.45, 2.75) is 0 Å². The van der Waals surface area contributed by atoms with Gasteiger partial charge in [0.15, 0.2) is 5.78 Å². The topological polar surface area (TPSA) is 63.2 Å². The lowest BCUT2D eigenvalue weighted by Crippen LogP contribution is -2.31. The number of carbonyl (C=O) groups is 1. The highest BCUT2D eigenvalue weighted by Crippen LogP contribution is 2.01. The Labute approximate surface area is 99.7 Å². The molecule has 1 aromatic carbocycles. The van der Waals surface area contributed by atoms with Crippen molar-refractivity contribution in [3.63, 3.8) is 0 Å². The maximum Gasteiger partial charge on any atom is 0.219 e. The lowest BCUT2D eigenvalue weighted by atomic mass is 10.2. The van der Waals surface area contributed by atoms with Crippen molar-refractivity contribution in [1.29, 1.82) is 0 Å². The summed E-state index contributed by atoms with van der Waals surface area (Å²) in [5.74, 6) is -0.796. The van der Waals surface area contributed by atoms with Crippen LogP contribution in [0.15, 0.2) is 30.3 Å². The quantitative estimate of drug-likeness (QED) is 0.614. The number of alkyl halides is 1. The Hall–Kier alpha value is -0.910. The second kappa shape index (κ2) is 5.98. The molecule has 0 heterocycles. The summed E-state index contributed by atoms with van der Waals surface area (Å²) in [7, 11) is -3.58. The Balaban J connectivity index is 2.65. The molecule has 4 nitrogen and oxygen atoms in total. The average molecular weight is 262 g/mol. The number of carbonyl (C=O) groups excluding carboxylic acids is 1. The van der Waals surface area contributed by atoms with E-state index in [1.165, 1.54) is 0 Å². The molecule has 0 bridgehead atoms. The number of rotatable bonds is 6. The van der Waals surface area contributed by atoms with Gasteiger partial charge in [-0.1, -0.05) is 30.3 Å². The molecule has 88 valence electrons. The normalized spacial score (nSPS) is 11.3. The first-order valence-corrected chi connectivity index (χ1v) is 6.85. The van der Waals surface area contributed by atoms with E-state index >= 15 is 0 Å². The zero-order chi connectivity index (χ0) is 12.0. The number of sulfonamides is 1. The third-order valence-electron chi connectivity index (χ3n) is 1.83. The van der Waals surface area contributed by atoms with Gasteiger partial charge in [0.05, 0.1) is 0 Å². The van der Waals surface area contributed by atoms with Gasteiger partial charge in [0.2, 0.25) is 10.0 Å². The highest BCUT2D eigenvalue weighted by atomic mass is 35.5. The molecular formula is C10H12ClNO3S. The van der Waals surface area contributed by atoms with Crippen LogP contribution in [0.2, 0.25) is 0 Å². The van der Waals surface area contributed by atoms with Crippen molar-refractivity contribution in [1.82, 2.24) is 4.72 Å². The molecule has 0 saturated heterocycles. The van der Waals surface area contributed by atoms with Crippen molar-refractivity contribution in [2.24, 2.45) is 0 Å². The van der Waals surface area contributed by atoms with Crippen molar-refractivity contribution in [2.75, 3.05) is 18.2 Å². The van der Waals surface area contributed by atoms with Gasteiger partial charge in [0, 0.05) is 18.0 Å². The molecule has 1 aromatic rings. The fourth-order valence-electron chi connectivity index (χ4n) is 1.13. The third kappa shape index (κ3) is 4.30. The number of benzene rings is 1. The van der Waals surface area contributed by atoms with Crippen LogP contribution in [0.4, 0.5) is 0 Å². The van der Waals surface area contributed by atoms with Crippen LogP contribution in [0, 0.1) is 0 Å². The van der Waals surface area contributed by atoms with Gasteiger partial charge < -0.3 is 0 Å². The zero-order valence-corrected chi connectivity index (χ0v) is 10.1. The molecule has 0 aliphatic heterocycles. The first-order chi connectivity index (χ1) is 7.55. The van der Waals surface area contributed by atoms with E-state index in [2.05, 4.69) is 4.72 Å². The number of ketones is 1. The largest absolute Gasteiger partial charge is 0.293 e. The number of halogens is 1. The highest BCUT2D eigenvalue weighted by molar-refractivity contribution is 7.90. The average Bonchev–Trinajstić information content (AvgIpc) is 2.27. The second-order valence-corrected chi connectivity index (χ2v) is 5.32. The van der Waals surface area contributed by atoms with Crippen LogP contribution in [0.3, 0.4) is 0 Å². The molecule has 0 amide bonds. The summed E-state index contributed by atoms with van der Waals surface area (Å²) in [5.41, 5.74) is 0.388. The van der Waals surface area contributed by atoms with E-state index < -0.39 is 21.6 Å². The van der Waals surface area contributed by atoms with Gasteiger partial charge in [-0.3, -0.25) is 4.79 Å². The zero-order valence-electron chi connectivity index (χ0n) is 8.52. The van der Waals surface area contributed by atoms with Gasteiger partial charge in [-0.05, 0) is 0 Å². The fraction of sp³-hybridized carbons (Fsp3) is 0.300. The number of Topliss-reactive ketones (excluding diaryl/α,β-unsaturated/α-hetero) is 1. The Morgan fingerprint density at radius 3 is 2.44 bits per heavy atom. The first-order valence-electron chi connectivity index (χ1n) is 4.67. The summed E-state index contributed by atoms with van der Waals surface area (Å²) in [6.45, 7) is 0.131. The van der Waals surface area contributed by atoms with Gasteiger partial charge in [-0.15, -0.1) is 11.6 Å². The Bertz CT molecular complexity index is 444. The Morgan fingerprint density at radius 1 is 1.25 bits per heavy atom. The molecule has 0 radical (unpaired) electrons. The second-order valence-electron chi connectivity index (χ2n) is 3.13. The number of hydrogen-bond donors (Lipinski definition) is 1. The molecule has 0 aliphatic carbocycles. The van der Waals surface area contributed by atoms with Crippen molar-refractivity contribution in [3.05, 3.63) is 35.9 Å². The molecule has 0 saturated carbocycles. The summed E-state index contributed by atoms with van der Waals surface area (Å²) in [5, 5.41) is 0. The molecule has 16 heavy (non-hydrogen) atoms. The van der Waals surface area contributed by atoms with Crippen LogP contribution in [0.1, 0.15) is 10.4 Å². The number of hydrogen-bond acceptors (Lipinski definition) is 3. The SMILES string of the molecule is O=C(CS(=O)(=O)NCCCl)c1ccccc1. The minimum atomic E-state index is -3.58. The maximum atomic E-state index is 11.6. The maximum absolute atomic E-state index is 11.6. The monoisotopic (exact) mass is 261 g/mol. The van der Waals surface area contributed by atoms with Crippen LogP contribution in [0.5, 0.6) is 0 Å². The smallest absolute Gasteiger partial charge is 0.219 e. The number of nitrogens with one attached hydrogen (secondary N) is 1. The molecule has 0 aliphatic rings. The summed E-state index contributed by atoms with van der Waals surface area (Å²) in [6.07, 6.45) is 0. The van der Waals surface area contributed by atoms with E-state index in [4.69, 9.17) is 11.6 Å². The lowest BCUT2D eigenvalue weighted by molar-refractivity contribution is 0.102. The molecule has 0 fully saturated rings. The van der Waals surface area contributed by atoms with E-state index in [9.17, 15) is 13.2 Å². The lowest BCUT2D eigenvalue weighted by Gasteiger charge is -2.04. The Kier molecular flexibility index (Phi) is 4.92. The molecule has 0 unspecified atom stereocenters. The van der Waals surface area contributed by atoms with E-state index in [0.717, 1.165) is 0 Å². The van der Waals surface area contributed by atoms with Gasteiger partial charge in [0.1, 0.15) is 5.75 Å². The van der Waals surface area contributed by atoms with E-state index in [0.29, 0.717) is 5.56 Å². The standard InChI is InChI=1S/C10H12ClNO3S/c11-6-7-12-16(14,15)8-10(13)9-4-2-1-3-5-9/h1-5,12H,6-8H2. The summed E-state index contributed by atoms with van der Waals surface area (Å²) < 4.78 is 25.0. The van der Waals surface area contributed by atoms with Gasteiger partial charge in [-0.2, -0.15) is 0 Å². The molecule has 1 N–H and O–H groups in total. The Morgan fingerprint density at radius 2 is 1.88 bits per heavy atom. The highest BCUT2D eigenvalue weighted by Gasteiger charge is 2.16. The predicted octanol–water partition coefficient (Wildman–Crippen LogP) is 1.03. The molecular weight excluding hydrogens is 250 g/mol. The van der Waals surface area contributed by atoms with E-state index in [1.54, 1.807) is 30.3 Å². The molecule has 0 spiro atoms. The minimum absolute atomic E-state index is 0.131. The van der Waals surface area contributed by atoms with Crippen LogP contribution in [-0.2, 0) is 10.0 Å². The van der Waals surface area contributed by atoms with Crippen molar-refractivity contribution in [3.8, 4) is 0 Å². The molecule has 6 heteroatoms. The van der Waals surface area contributed by atoms with Crippen LogP contribution < -0.4 is 4.72 Å². The van der Waals surface area contributed by atoms with Crippen LogP contribution in [0.25, 0.3) is 0 Å². The van der Waals surface area contributed by atoms with E-state index in [-0.39, 0.29) is 12.4 Å². The summed E-state index contributed by atoms with van der Waals surface area (Å²) >= 11 is 5.35. The summed E-state index contributed by atoms with van der Waals surface area (Å²) in [6, 6.07) is 8.30. The fourth-order valence-corrected chi connectivity index (χ4v) is 2.36. The van der Waals surface area contributed by atoms with Gasteiger partial charge in [-0.25, -0.2) is 13.1 Å². The predicted molar refractivity (Wildman–Crippen MR) is 63.3 cm³/mol. The molecule has 1 rings (SSSR count). The third-order valence-corrected chi connectivity index (χ3v) is 3.31. The van der Waals surface area contributed by atoms with Crippen LogP contribution >= 0.6 is 11.6 Å². The van der Waals surface area contributed by atoms with Crippen molar-refractivity contribution >= 4 is 27.4 Å². The van der Waals surface area contributed by atoms with Crippen molar-refractivity contribution < 1.29 is 13.2 Å². The summed E-state index contributed by atoms with van der Waals surface area (Å²) in [4.78, 5) is 11.6. The van der Waals surface area contributed by atoms with Crippen LogP contribution in [-0.4, -0.2) is 32.4 Å². The van der Waals surface area contributed by atoms with Gasteiger partial charge >= 0.3 is 0 Å².